The van der Waals surface area contributed by atoms with E-state index in [1.165, 1.54) is 7.11 Å². The van der Waals surface area contributed by atoms with Gasteiger partial charge in [-0.1, -0.05) is 11.6 Å². The van der Waals surface area contributed by atoms with Crippen molar-refractivity contribution in [2.45, 2.75) is 12.5 Å². The number of nitrogens with zero attached hydrogens (tertiary/aromatic N) is 2. The second-order valence-corrected chi connectivity index (χ2v) is 5.72. The van der Waals surface area contributed by atoms with E-state index in [4.69, 9.17) is 21.1 Å². The lowest BCUT2D eigenvalue weighted by atomic mass is 10.3. The van der Waals surface area contributed by atoms with E-state index in [0.29, 0.717) is 29.6 Å². The number of likely N-dealkylation sites (tertiary alicyclic amines) is 1. The maximum Gasteiger partial charge on any atom is 0.276 e. The van der Waals surface area contributed by atoms with E-state index < -0.39 is 0 Å². The van der Waals surface area contributed by atoms with Gasteiger partial charge in [0.15, 0.2) is 5.69 Å². The van der Waals surface area contributed by atoms with Crippen LogP contribution in [0.4, 0.5) is 0 Å². The topological polar surface area (TPSA) is 51.7 Å². The third kappa shape index (κ3) is 3.56. The summed E-state index contributed by atoms with van der Waals surface area (Å²) >= 11 is 5.86. The van der Waals surface area contributed by atoms with Crippen molar-refractivity contribution in [1.82, 2.24) is 9.88 Å². The van der Waals surface area contributed by atoms with Crippen LogP contribution >= 0.6 is 11.6 Å². The zero-order chi connectivity index (χ0) is 16.2. The molecule has 2 heterocycles. The van der Waals surface area contributed by atoms with E-state index >= 15 is 0 Å². The van der Waals surface area contributed by atoms with Crippen LogP contribution in [-0.2, 0) is 0 Å². The summed E-state index contributed by atoms with van der Waals surface area (Å²) in [5, 5.41) is 0.669. The molecule has 1 amide bonds. The fourth-order valence-corrected chi connectivity index (χ4v) is 2.71. The van der Waals surface area contributed by atoms with Crippen LogP contribution in [0.2, 0.25) is 5.02 Å². The molecule has 1 unspecified atom stereocenters. The molecule has 3 rings (SSSR count). The third-order valence-corrected chi connectivity index (χ3v) is 3.99. The SMILES string of the molecule is COc1cccnc1C(=O)N1CCC(Oc2ccc(Cl)cc2)C1. The first-order chi connectivity index (χ1) is 11.2. The Bertz CT molecular complexity index is 690. The number of ether oxygens (including phenoxy) is 2. The van der Waals surface area contributed by atoms with Crippen LogP contribution in [0.1, 0.15) is 16.9 Å². The number of aromatic nitrogens is 1. The number of methoxy groups -OCH3 is 1. The number of halogens is 1. The van der Waals surface area contributed by atoms with Gasteiger partial charge in [-0.25, -0.2) is 4.98 Å². The van der Waals surface area contributed by atoms with Crippen LogP contribution in [0.15, 0.2) is 42.6 Å². The molecule has 1 atom stereocenters. The highest BCUT2D eigenvalue weighted by Gasteiger charge is 2.30. The summed E-state index contributed by atoms with van der Waals surface area (Å²) in [6.45, 7) is 1.16. The Morgan fingerprint density at radius 2 is 2.09 bits per heavy atom. The monoisotopic (exact) mass is 332 g/mol. The van der Waals surface area contributed by atoms with Crippen LogP contribution in [0, 0.1) is 0 Å². The first-order valence-corrected chi connectivity index (χ1v) is 7.75. The lowest BCUT2D eigenvalue weighted by molar-refractivity contribution is 0.0763. The van der Waals surface area contributed by atoms with Gasteiger partial charge in [-0.05, 0) is 36.4 Å². The molecule has 23 heavy (non-hydrogen) atoms. The molecule has 5 nitrogen and oxygen atoms in total. The first kappa shape index (κ1) is 15.6. The molecule has 6 heteroatoms. The predicted octanol–water partition coefficient (Wildman–Crippen LogP) is 3.04. The van der Waals surface area contributed by atoms with Gasteiger partial charge >= 0.3 is 0 Å². The maximum atomic E-state index is 12.6. The Morgan fingerprint density at radius 1 is 1.30 bits per heavy atom. The molecule has 1 aliphatic heterocycles. The molecule has 1 fully saturated rings. The summed E-state index contributed by atoms with van der Waals surface area (Å²) in [6, 6.07) is 10.7. The van der Waals surface area contributed by atoms with Crippen molar-refractivity contribution in [2.24, 2.45) is 0 Å². The second-order valence-electron chi connectivity index (χ2n) is 5.29. The molecule has 1 aromatic heterocycles. The van der Waals surface area contributed by atoms with Crippen LogP contribution in [-0.4, -0.2) is 42.1 Å². The van der Waals surface area contributed by atoms with Gasteiger partial charge in [-0.3, -0.25) is 4.79 Å². The second kappa shape index (κ2) is 6.87. The highest BCUT2D eigenvalue weighted by atomic mass is 35.5. The van der Waals surface area contributed by atoms with Crippen LogP contribution in [0.5, 0.6) is 11.5 Å². The fourth-order valence-electron chi connectivity index (χ4n) is 2.58. The van der Waals surface area contributed by atoms with E-state index in [-0.39, 0.29) is 12.0 Å². The highest BCUT2D eigenvalue weighted by molar-refractivity contribution is 6.30. The van der Waals surface area contributed by atoms with Crippen molar-refractivity contribution in [1.29, 1.82) is 0 Å². The molecule has 0 N–H and O–H groups in total. The van der Waals surface area contributed by atoms with Crippen molar-refractivity contribution in [2.75, 3.05) is 20.2 Å². The summed E-state index contributed by atoms with van der Waals surface area (Å²) in [5.74, 6) is 1.10. The lowest BCUT2D eigenvalue weighted by Crippen LogP contribution is -2.31. The number of pyridine rings is 1. The van der Waals surface area contributed by atoms with Gasteiger partial charge in [0.2, 0.25) is 0 Å². The van der Waals surface area contributed by atoms with Gasteiger partial charge in [0, 0.05) is 24.2 Å². The van der Waals surface area contributed by atoms with Crippen molar-refractivity contribution in [3.8, 4) is 11.5 Å². The Balaban J connectivity index is 1.65. The molecule has 120 valence electrons. The Hall–Kier alpha value is -2.27. The minimum Gasteiger partial charge on any atom is -0.494 e. The minimum absolute atomic E-state index is 0.0326. The van der Waals surface area contributed by atoms with E-state index in [9.17, 15) is 4.79 Å². The number of carbonyl (C=O) groups excluding carboxylic acids is 1. The predicted molar refractivity (Wildman–Crippen MR) is 87.2 cm³/mol. The average molecular weight is 333 g/mol. The van der Waals surface area contributed by atoms with Gasteiger partial charge in [-0.2, -0.15) is 0 Å². The summed E-state index contributed by atoms with van der Waals surface area (Å²) in [4.78, 5) is 18.5. The number of hydrogen-bond acceptors (Lipinski definition) is 4. The van der Waals surface area contributed by atoms with Crippen molar-refractivity contribution in [3.63, 3.8) is 0 Å². The summed E-state index contributed by atoms with van der Waals surface area (Å²) in [5.41, 5.74) is 0.335. The molecular formula is C17H17ClN2O3. The van der Waals surface area contributed by atoms with Crippen molar-refractivity contribution in [3.05, 3.63) is 53.3 Å². The number of carbonyl (C=O) groups is 1. The Morgan fingerprint density at radius 3 is 2.83 bits per heavy atom. The standard InChI is InChI=1S/C17H17ClN2O3/c1-22-15-3-2-9-19-16(15)17(21)20-10-8-14(11-20)23-13-6-4-12(18)5-7-13/h2-7,9,14H,8,10-11H2,1H3. The molecule has 0 saturated carbocycles. The number of amides is 1. The Kier molecular flexibility index (Phi) is 4.67. The summed E-state index contributed by atoms with van der Waals surface area (Å²) in [7, 11) is 1.53. The van der Waals surface area contributed by atoms with Gasteiger partial charge in [0.1, 0.15) is 17.6 Å². The molecule has 2 aromatic rings. The van der Waals surface area contributed by atoms with Gasteiger partial charge in [-0.15, -0.1) is 0 Å². The van der Waals surface area contributed by atoms with E-state index in [2.05, 4.69) is 4.98 Å². The molecule has 0 radical (unpaired) electrons. The normalized spacial score (nSPS) is 17.1. The van der Waals surface area contributed by atoms with Gasteiger partial charge < -0.3 is 14.4 Å². The zero-order valence-corrected chi connectivity index (χ0v) is 13.5. The molecule has 1 aromatic carbocycles. The van der Waals surface area contributed by atoms with Gasteiger partial charge in [0.25, 0.3) is 5.91 Å². The number of rotatable bonds is 4. The van der Waals surface area contributed by atoms with Crippen LogP contribution in [0.25, 0.3) is 0 Å². The molecule has 0 spiro atoms. The van der Waals surface area contributed by atoms with E-state index in [0.717, 1.165) is 12.2 Å². The maximum absolute atomic E-state index is 12.6. The minimum atomic E-state index is -0.135. The quantitative estimate of drug-likeness (QED) is 0.863. The van der Waals surface area contributed by atoms with E-state index in [1.807, 2.05) is 12.1 Å². The number of hydrogen-bond donors (Lipinski definition) is 0. The summed E-state index contributed by atoms with van der Waals surface area (Å²) < 4.78 is 11.1. The van der Waals surface area contributed by atoms with Crippen LogP contribution < -0.4 is 9.47 Å². The number of benzene rings is 1. The van der Waals surface area contributed by atoms with Gasteiger partial charge in [0.05, 0.1) is 13.7 Å². The largest absolute Gasteiger partial charge is 0.494 e. The molecule has 0 bridgehead atoms. The molecular weight excluding hydrogens is 316 g/mol. The zero-order valence-electron chi connectivity index (χ0n) is 12.7. The van der Waals surface area contributed by atoms with Crippen LogP contribution in [0.3, 0.4) is 0 Å². The Labute approximate surface area is 139 Å². The molecule has 1 saturated heterocycles. The average Bonchev–Trinajstić information content (AvgIpc) is 3.05. The first-order valence-electron chi connectivity index (χ1n) is 7.38. The molecule has 0 aliphatic carbocycles. The fraction of sp³-hybridized carbons (Fsp3) is 0.294. The highest BCUT2D eigenvalue weighted by Crippen LogP contribution is 2.23. The van der Waals surface area contributed by atoms with Crippen molar-refractivity contribution < 1.29 is 14.3 Å². The molecule has 1 aliphatic rings. The van der Waals surface area contributed by atoms with E-state index in [1.54, 1.807) is 35.4 Å². The smallest absolute Gasteiger partial charge is 0.276 e. The van der Waals surface area contributed by atoms with Crippen molar-refractivity contribution >= 4 is 17.5 Å². The summed E-state index contributed by atoms with van der Waals surface area (Å²) in [6.07, 6.45) is 2.34. The third-order valence-electron chi connectivity index (χ3n) is 3.74. The lowest BCUT2D eigenvalue weighted by Gasteiger charge is -2.18.